The molecule has 0 fully saturated rings. The van der Waals surface area contributed by atoms with E-state index in [1.165, 1.54) is 0 Å². The Bertz CT molecular complexity index is 417. The number of carboxylic acids is 1. The van der Waals surface area contributed by atoms with Gasteiger partial charge in [-0.2, -0.15) is 0 Å². The molecule has 2 N–H and O–H groups in total. The third kappa shape index (κ3) is 5.12. The van der Waals surface area contributed by atoms with Gasteiger partial charge in [0, 0.05) is 13.0 Å². The molecular weight excluding hydrogens is 242 g/mol. The van der Waals surface area contributed by atoms with Crippen molar-refractivity contribution >= 4 is 11.9 Å². The molecule has 0 heterocycles. The summed E-state index contributed by atoms with van der Waals surface area (Å²) in [6.45, 7) is 4.18. The van der Waals surface area contributed by atoms with Gasteiger partial charge in [-0.1, -0.05) is 44.2 Å². The summed E-state index contributed by atoms with van der Waals surface area (Å²) < 4.78 is 0. The molecule has 0 aromatic heterocycles. The number of carbonyl (C=O) groups excluding carboxylic acids is 1. The Morgan fingerprint density at radius 3 is 2.42 bits per heavy atom. The van der Waals surface area contributed by atoms with Crippen molar-refractivity contribution < 1.29 is 14.7 Å². The summed E-state index contributed by atoms with van der Waals surface area (Å²) in [5, 5.41) is 11.5. The van der Waals surface area contributed by atoms with Crippen molar-refractivity contribution in [3.05, 3.63) is 35.9 Å². The van der Waals surface area contributed by atoms with Crippen molar-refractivity contribution in [3.63, 3.8) is 0 Å². The van der Waals surface area contributed by atoms with Gasteiger partial charge in [-0.05, 0) is 17.9 Å². The van der Waals surface area contributed by atoms with Gasteiger partial charge in [0.1, 0.15) is 0 Å². The van der Waals surface area contributed by atoms with Crippen LogP contribution < -0.4 is 5.32 Å². The third-order valence-corrected chi connectivity index (χ3v) is 3.07. The lowest BCUT2D eigenvalue weighted by molar-refractivity contribution is -0.138. The van der Waals surface area contributed by atoms with Crippen molar-refractivity contribution in [3.8, 4) is 0 Å². The van der Waals surface area contributed by atoms with Crippen LogP contribution in [0.3, 0.4) is 0 Å². The largest absolute Gasteiger partial charge is 0.481 e. The molecule has 0 aliphatic heterocycles. The van der Waals surface area contributed by atoms with Gasteiger partial charge in [-0.3, -0.25) is 9.59 Å². The lowest BCUT2D eigenvalue weighted by Crippen LogP contribution is -2.33. The molecule has 104 valence electrons. The van der Waals surface area contributed by atoms with Crippen molar-refractivity contribution in [1.29, 1.82) is 0 Å². The van der Waals surface area contributed by atoms with Gasteiger partial charge in [-0.25, -0.2) is 0 Å². The fourth-order valence-corrected chi connectivity index (χ4v) is 2.03. The Morgan fingerprint density at radius 2 is 1.89 bits per heavy atom. The molecule has 0 saturated carbocycles. The van der Waals surface area contributed by atoms with Crippen molar-refractivity contribution in [2.24, 2.45) is 5.92 Å². The van der Waals surface area contributed by atoms with E-state index in [1.807, 2.05) is 44.2 Å². The van der Waals surface area contributed by atoms with E-state index in [9.17, 15) is 9.59 Å². The minimum Gasteiger partial charge on any atom is -0.481 e. The highest BCUT2D eigenvalue weighted by Gasteiger charge is 2.19. The topological polar surface area (TPSA) is 66.4 Å². The minimum absolute atomic E-state index is 0.0362. The number of rotatable bonds is 7. The zero-order valence-electron chi connectivity index (χ0n) is 11.4. The number of nitrogens with one attached hydrogen (secondary N) is 1. The fourth-order valence-electron chi connectivity index (χ4n) is 2.03. The molecule has 1 aromatic rings. The van der Waals surface area contributed by atoms with Gasteiger partial charge < -0.3 is 10.4 Å². The van der Waals surface area contributed by atoms with Crippen LogP contribution in [0.25, 0.3) is 0 Å². The van der Waals surface area contributed by atoms with E-state index in [1.54, 1.807) is 0 Å². The Hall–Kier alpha value is -1.84. The Morgan fingerprint density at radius 1 is 1.26 bits per heavy atom. The van der Waals surface area contributed by atoms with Crippen LogP contribution in [0, 0.1) is 5.92 Å². The summed E-state index contributed by atoms with van der Waals surface area (Å²) in [4.78, 5) is 22.7. The van der Waals surface area contributed by atoms with E-state index in [0.29, 0.717) is 6.54 Å². The summed E-state index contributed by atoms with van der Waals surface area (Å²) >= 11 is 0. The average Bonchev–Trinajstić information content (AvgIpc) is 2.38. The predicted octanol–water partition coefficient (Wildman–Crippen LogP) is 2.41. The minimum atomic E-state index is -0.836. The highest BCUT2D eigenvalue weighted by Crippen LogP contribution is 2.19. The van der Waals surface area contributed by atoms with Gasteiger partial charge in [-0.15, -0.1) is 0 Å². The Kier molecular flexibility index (Phi) is 6.06. The molecule has 1 amide bonds. The van der Waals surface area contributed by atoms with E-state index < -0.39 is 5.97 Å². The van der Waals surface area contributed by atoms with Crippen molar-refractivity contribution in [2.75, 3.05) is 6.54 Å². The highest BCUT2D eigenvalue weighted by molar-refractivity contribution is 5.83. The van der Waals surface area contributed by atoms with Crippen LogP contribution in [0.4, 0.5) is 0 Å². The maximum absolute atomic E-state index is 12.1. The fraction of sp³-hybridized carbons (Fsp3) is 0.467. The van der Waals surface area contributed by atoms with Crippen LogP contribution >= 0.6 is 0 Å². The number of hydrogen-bond acceptors (Lipinski definition) is 2. The van der Waals surface area contributed by atoms with Crippen LogP contribution in [-0.2, 0) is 9.59 Å². The van der Waals surface area contributed by atoms with E-state index in [2.05, 4.69) is 5.32 Å². The monoisotopic (exact) mass is 263 g/mol. The third-order valence-electron chi connectivity index (χ3n) is 3.07. The Balaban J connectivity index is 2.54. The van der Waals surface area contributed by atoms with Crippen LogP contribution in [0.5, 0.6) is 0 Å². The SMILES string of the molecule is CCC(C(=O)NCC(C)CC(=O)O)c1ccccc1. The van der Waals surface area contributed by atoms with Crippen molar-refractivity contribution in [2.45, 2.75) is 32.6 Å². The number of benzene rings is 1. The van der Waals surface area contributed by atoms with E-state index in [4.69, 9.17) is 5.11 Å². The van der Waals surface area contributed by atoms with Gasteiger partial charge in [0.25, 0.3) is 0 Å². The predicted molar refractivity (Wildman–Crippen MR) is 73.9 cm³/mol. The molecule has 2 unspecified atom stereocenters. The van der Waals surface area contributed by atoms with E-state index >= 15 is 0 Å². The van der Waals surface area contributed by atoms with Crippen LogP contribution in [0.1, 0.15) is 38.2 Å². The van der Waals surface area contributed by atoms with Crippen LogP contribution in [-0.4, -0.2) is 23.5 Å². The molecule has 0 spiro atoms. The number of carbonyl (C=O) groups is 2. The summed E-state index contributed by atoms with van der Waals surface area (Å²) in [5.41, 5.74) is 0.994. The molecule has 0 aliphatic rings. The molecule has 19 heavy (non-hydrogen) atoms. The highest BCUT2D eigenvalue weighted by atomic mass is 16.4. The molecular formula is C15H21NO3. The molecule has 0 aliphatic carbocycles. The second kappa shape index (κ2) is 7.56. The van der Waals surface area contributed by atoms with Gasteiger partial charge >= 0.3 is 5.97 Å². The summed E-state index contributed by atoms with van der Waals surface area (Å²) in [5.74, 6) is -1.10. The molecule has 0 bridgehead atoms. The standard InChI is InChI=1S/C15H21NO3/c1-3-13(12-7-5-4-6-8-12)15(19)16-10-11(2)9-14(17)18/h4-8,11,13H,3,9-10H2,1-2H3,(H,16,19)(H,17,18). The lowest BCUT2D eigenvalue weighted by atomic mass is 9.95. The first-order valence-corrected chi connectivity index (χ1v) is 6.59. The first kappa shape index (κ1) is 15.2. The maximum Gasteiger partial charge on any atom is 0.303 e. The van der Waals surface area contributed by atoms with Crippen LogP contribution in [0.15, 0.2) is 30.3 Å². The molecule has 1 rings (SSSR count). The molecule has 0 saturated heterocycles. The van der Waals surface area contributed by atoms with E-state index in [-0.39, 0.29) is 24.2 Å². The van der Waals surface area contributed by atoms with Crippen LogP contribution in [0.2, 0.25) is 0 Å². The van der Waals surface area contributed by atoms with Crippen molar-refractivity contribution in [1.82, 2.24) is 5.32 Å². The van der Waals surface area contributed by atoms with Gasteiger partial charge in [0.2, 0.25) is 5.91 Å². The molecule has 4 heteroatoms. The quantitative estimate of drug-likeness (QED) is 0.794. The first-order valence-electron chi connectivity index (χ1n) is 6.59. The summed E-state index contributed by atoms with van der Waals surface area (Å²) in [7, 11) is 0. The smallest absolute Gasteiger partial charge is 0.303 e. The molecule has 2 atom stereocenters. The molecule has 4 nitrogen and oxygen atoms in total. The molecule has 0 radical (unpaired) electrons. The lowest BCUT2D eigenvalue weighted by Gasteiger charge is -2.17. The normalized spacial score (nSPS) is 13.6. The summed E-state index contributed by atoms with van der Waals surface area (Å²) in [6.07, 6.45) is 0.797. The average molecular weight is 263 g/mol. The second-order valence-electron chi connectivity index (χ2n) is 4.82. The molecule has 1 aromatic carbocycles. The number of amides is 1. The Labute approximate surface area is 113 Å². The zero-order valence-corrected chi connectivity index (χ0v) is 11.4. The second-order valence-corrected chi connectivity index (χ2v) is 4.82. The number of aliphatic carboxylic acids is 1. The van der Waals surface area contributed by atoms with Gasteiger partial charge in [0.05, 0.1) is 5.92 Å². The zero-order chi connectivity index (χ0) is 14.3. The summed E-state index contributed by atoms with van der Waals surface area (Å²) in [6, 6.07) is 9.63. The number of carboxylic acid groups (broad SMARTS) is 1. The first-order chi connectivity index (χ1) is 9.04. The number of hydrogen-bond donors (Lipinski definition) is 2. The van der Waals surface area contributed by atoms with E-state index in [0.717, 1.165) is 12.0 Å². The maximum atomic E-state index is 12.1. The van der Waals surface area contributed by atoms with Gasteiger partial charge in [0.15, 0.2) is 0 Å².